The molecule has 0 bridgehead atoms. The SMILES string of the molecule is Cc1ccc([C@H]2CC(c3ccccc3)=NN2C2=NC(=O)[C@@H](CC(=O)Nc3cccc(Cl)c3)S2)cc1. The van der Waals surface area contributed by atoms with Crippen molar-refractivity contribution in [3.05, 3.63) is 101 Å². The van der Waals surface area contributed by atoms with Gasteiger partial charge in [0.1, 0.15) is 5.25 Å². The summed E-state index contributed by atoms with van der Waals surface area (Å²) in [6.45, 7) is 2.05. The van der Waals surface area contributed by atoms with Crippen LogP contribution < -0.4 is 5.32 Å². The lowest BCUT2D eigenvalue weighted by molar-refractivity contribution is -0.121. The van der Waals surface area contributed by atoms with E-state index < -0.39 is 5.25 Å². The van der Waals surface area contributed by atoms with E-state index in [1.165, 1.54) is 17.3 Å². The van der Waals surface area contributed by atoms with Crippen molar-refractivity contribution in [2.24, 2.45) is 10.1 Å². The molecule has 0 unspecified atom stereocenters. The average molecular weight is 503 g/mol. The minimum Gasteiger partial charge on any atom is -0.326 e. The minimum absolute atomic E-state index is 0.0152. The first-order valence-electron chi connectivity index (χ1n) is 11.3. The van der Waals surface area contributed by atoms with Crippen LogP contribution >= 0.6 is 23.4 Å². The van der Waals surface area contributed by atoms with Crippen LogP contribution in [0.5, 0.6) is 0 Å². The number of thioether (sulfide) groups is 1. The topological polar surface area (TPSA) is 74.1 Å². The number of amides is 2. The first kappa shape index (κ1) is 23.3. The average Bonchev–Trinajstić information content (AvgIpc) is 3.44. The van der Waals surface area contributed by atoms with Crippen LogP contribution in [0.25, 0.3) is 0 Å². The van der Waals surface area contributed by atoms with E-state index in [1.54, 1.807) is 24.3 Å². The van der Waals surface area contributed by atoms with Gasteiger partial charge in [0.05, 0.1) is 11.8 Å². The Kier molecular flexibility index (Phi) is 6.70. The number of nitrogens with zero attached hydrogens (tertiary/aromatic N) is 3. The molecule has 2 heterocycles. The van der Waals surface area contributed by atoms with Gasteiger partial charge in [-0.25, -0.2) is 5.01 Å². The standard InChI is InChI=1S/C27H23ClN4O2S/c1-17-10-12-19(13-11-17)23-15-22(18-6-3-2-4-7-18)31-32(23)27-30-26(34)24(35-27)16-25(33)29-21-9-5-8-20(28)14-21/h2-14,23-24H,15-16H2,1H3,(H,29,33)/t23-,24-/m1/s1. The van der Waals surface area contributed by atoms with Crippen molar-refractivity contribution in [1.82, 2.24) is 5.01 Å². The van der Waals surface area contributed by atoms with Crippen molar-refractivity contribution >= 4 is 51.7 Å². The minimum atomic E-state index is -0.598. The third-order valence-corrected chi connectivity index (χ3v) is 7.26. The molecule has 2 atom stereocenters. The van der Waals surface area contributed by atoms with Crippen molar-refractivity contribution < 1.29 is 9.59 Å². The monoisotopic (exact) mass is 502 g/mol. The van der Waals surface area contributed by atoms with Gasteiger partial charge in [0.25, 0.3) is 5.91 Å². The highest BCUT2D eigenvalue weighted by Gasteiger charge is 2.39. The molecule has 1 N–H and O–H groups in total. The Morgan fingerprint density at radius 1 is 1.09 bits per heavy atom. The zero-order valence-electron chi connectivity index (χ0n) is 19.0. The maximum Gasteiger partial charge on any atom is 0.262 e. The number of hydrazone groups is 1. The van der Waals surface area contributed by atoms with E-state index in [4.69, 9.17) is 16.7 Å². The number of aryl methyl sites for hydroxylation is 1. The summed E-state index contributed by atoms with van der Waals surface area (Å²) in [5, 5.41) is 9.97. The third-order valence-electron chi connectivity index (χ3n) is 5.88. The van der Waals surface area contributed by atoms with Gasteiger partial charge >= 0.3 is 0 Å². The van der Waals surface area contributed by atoms with E-state index in [0.717, 1.165) is 16.8 Å². The van der Waals surface area contributed by atoms with E-state index in [2.05, 4.69) is 41.5 Å². The number of carbonyl (C=O) groups excluding carboxylic acids is 2. The Hall–Kier alpha value is -3.42. The molecular formula is C27H23ClN4O2S. The molecule has 3 aromatic carbocycles. The second-order valence-corrected chi connectivity index (χ2v) is 10.1. The molecule has 2 aliphatic heterocycles. The number of amidine groups is 1. The van der Waals surface area contributed by atoms with Crippen LogP contribution in [-0.4, -0.2) is 33.0 Å². The highest BCUT2D eigenvalue weighted by molar-refractivity contribution is 8.15. The fourth-order valence-electron chi connectivity index (χ4n) is 4.09. The van der Waals surface area contributed by atoms with Crippen LogP contribution in [0, 0.1) is 6.92 Å². The Bertz CT molecular complexity index is 1320. The number of hydrogen-bond acceptors (Lipinski definition) is 5. The van der Waals surface area contributed by atoms with Crippen molar-refractivity contribution in [1.29, 1.82) is 0 Å². The largest absolute Gasteiger partial charge is 0.326 e. The maximum atomic E-state index is 12.7. The Morgan fingerprint density at radius 2 is 1.86 bits per heavy atom. The van der Waals surface area contributed by atoms with Gasteiger partial charge in [-0.2, -0.15) is 10.1 Å². The zero-order valence-corrected chi connectivity index (χ0v) is 20.6. The normalized spacial score (nSPS) is 19.5. The van der Waals surface area contributed by atoms with E-state index >= 15 is 0 Å². The molecule has 0 fully saturated rings. The molecule has 8 heteroatoms. The van der Waals surface area contributed by atoms with Crippen LogP contribution in [0.2, 0.25) is 5.02 Å². The van der Waals surface area contributed by atoms with Crippen molar-refractivity contribution in [2.75, 3.05) is 5.32 Å². The predicted octanol–water partition coefficient (Wildman–Crippen LogP) is 5.83. The number of nitrogens with one attached hydrogen (secondary N) is 1. The molecule has 3 aromatic rings. The first-order valence-corrected chi connectivity index (χ1v) is 12.6. The van der Waals surface area contributed by atoms with Crippen LogP contribution in [0.1, 0.15) is 35.6 Å². The molecule has 176 valence electrons. The maximum absolute atomic E-state index is 12.7. The van der Waals surface area contributed by atoms with Crippen LogP contribution in [0.15, 0.2) is 89.0 Å². The Labute approximate surface area is 213 Å². The van der Waals surface area contributed by atoms with E-state index in [0.29, 0.717) is 22.3 Å². The molecule has 35 heavy (non-hydrogen) atoms. The summed E-state index contributed by atoms with van der Waals surface area (Å²) >= 11 is 7.29. The van der Waals surface area contributed by atoms with Crippen molar-refractivity contribution in [2.45, 2.75) is 31.1 Å². The lowest BCUT2D eigenvalue weighted by Gasteiger charge is -2.23. The molecule has 2 aliphatic rings. The second kappa shape index (κ2) is 10.1. The number of benzene rings is 3. The molecule has 2 amide bonds. The predicted molar refractivity (Wildman–Crippen MR) is 142 cm³/mol. The molecule has 5 rings (SSSR count). The van der Waals surface area contributed by atoms with Gasteiger partial charge in [-0.15, -0.1) is 0 Å². The van der Waals surface area contributed by atoms with Gasteiger partial charge in [0.15, 0.2) is 5.17 Å². The van der Waals surface area contributed by atoms with Crippen LogP contribution in [-0.2, 0) is 9.59 Å². The molecule has 0 saturated carbocycles. The number of anilines is 1. The van der Waals surface area contributed by atoms with Gasteiger partial charge in [0.2, 0.25) is 5.91 Å². The fraction of sp³-hybridized carbons (Fsp3) is 0.185. The molecule has 0 radical (unpaired) electrons. The third kappa shape index (κ3) is 5.31. The second-order valence-electron chi connectivity index (χ2n) is 8.49. The molecule has 0 spiro atoms. The molecule has 0 saturated heterocycles. The molecule has 0 aromatic heterocycles. The number of halogens is 1. The zero-order chi connectivity index (χ0) is 24.4. The van der Waals surface area contributed by atoms with E-state index in [9.17, 15) is 9.59 Å². The summed E-state index contributed by atoms with van der Waals surface area (Å²) < 4.78 is 0. The van der Waals surface area contributed by atoms with Crippen LogP contribution in [0.3, 0.4) is 0 Å². The van der Waals surface area contributed by atoms with E-state index in [-0.39, 0.29) is 24.3 Å². The summed E-state index contributed by atoms with van der Waals surface area (Å²) in [5.74, 6) is -0.586. The van der Waals surface area contributed by atoms with E-state index in [1.807, 2.05) is 35.3 Å². The summed E-state index contributed by atoms with van der Waals surface area (Å²) in [7, 11) is 0. The highest BCUT2D eigenvalue weighted by Crippen LogP contribution is 2.38. The lowest BCUT2D eigenvalue weighted by Crippen LogP contribution is -2.25. The fourth-order valence-corrected chi connectivity index (χ4v) is 5.34. The summed E-state index contributed by atoms with van der Waals surface area (Å²) in [6.07, 6.45) is 0.710. The summed E-state index contributed by atoms with van der Waals surface area (Å²) in [4.78, 5) is 29.6. The first-order chi connectivity index (χ1) is 17.0. The van der Waals surface area contributed by atoms with Gasteiger partial charge in [-0.05, 0) is 36.2 Å². The van der Waals surface area contributed by atoms with Crippen LogP contribution in [0.4, 0.5) is 5.69 Å². The number of hydrogen-bond donors (Lipinski definition) is 1. The molecule has 0 aliphatic carbocycles. The highest BCUT2D eigenvalue weighted by atomic mass is 35.5. The quantitative estimate of drug-likeness (QED) is 0.476. The lowest BCUT2D eigenvalue weighted by atomic mass is 9.98. The van der Waals surface area contributed by atoms with Gasteiger partial charge in [-0.1, -0.05) is 89.6 Å². The van der Waals surface area contributed by atoms with Gasteiger partial charge in [0, 0.05) is 23.6 Å². The van der Waals surface area contributed by atoms with Gasteiger partial charge < -0.3 is 5.32 Å². The van der Waals surface area contributed by atoms with Crippen molar-refractivity contribution in [3.8, 4) is 0 Å². The van der Waals surface area contributed by atoms with Crippen molar-refractivity contribution in [3.63, 3.8) is 0 Å². The summed E-state index contributed by atoms with van der Waals surface area (Å²) in [5.41, 5.74) is 4.85. The molecule has 6 nitrogen and oxygen atoms in total. The Morgan fingerprint density at radius 3 is 2.60 bits per heavy atom. The smallest absolute Gasteiger partial charge is 0.262 e. The number of aliphatic imine (C=N–C) groups is 1. The molecular weight excluding hydrogens is 480 g/mol. The van der Waals surface area contributed by atoms with Gasteiger partial charge in [-0.3, -0.25) is 9.59 Å². The number of carbonyl (C=O) groups is 2. The number of rotatable bonds is 5. The summed E-state index contributed by atoms with van der Waals surface area (Å²) in [6, 6.07) is 25.2. The Balaban J connectivity index is 1.34.